The highest BCUT2D eigenvalue weighted by Gasteiger charge is 2.39. The Kier molecular flexibility index (Phi) is 4.42. The van der Waals surface area contributed by atoms with Crippen LogP contribution in [0.5, 0.6) is 0 Å². The molecule has 26 heavy (non-hydrogen) atoms. The molecule has 3 aromatic rings. The number of nitrogens with zero attached hydrogens (tertiary/aromatic N) is 4. The topological polar surface area (TPSA) is 73.4 Å². The minimum Gasteiger partial charge on any atom is -0.423 e. The molecule has 0 saturated carbocycles. The molecule has 0 unspecified atom stereocenters. The molecule has 0 radical (unpaired) electrons. The van der Waals surface area contributed by atoms with Crippen LogP contribution in [0.25, 0.3) is 10.9 Å². The maximum atomic E-state index is 13.0. The van der Waals surface area contributed by atoms with Crippen LogP contribution in [0.2, 0.25) is 5.02 Å². The van der Waals surface area contributed by atoms with Gasteiger partial charge in [-0.05, 0) is 23.6 Å². The maximum Gasteiger partial charge on any atom is 0.243 e. The molecule has 1 fully saturated rings. The number of ether oxygens (including phenoxy) is 1. The molecule has 1 aliphatic rings. The Hall–Kier alpha value is -2.38. The van der Waals surface area contributed by atoms with Crippen molar-refractivity contribution in [1.29, 1.82) is 0 Å². The van der Waals surface area contributed by atoms with E-state index in [9.17, 15) is 4.79 Å². The molecule has 0 N–H and O–H groups in total. The minimum atomic E-state index is -0.265. The van der Waals surface area contributed by atoms with E-state index in [1.54, 1.807) is 18.9 Å². The Morgan fingerprint density at radius 2 is 2.23 bits per heavy atom. The first kappa shape index (κ1) is 17.1. The van der Waals surface area contributed by atoms with Crippen molar-refractivity contribution in [1.82, 2.24) is 19.7 Å². The number of hydrogen-bond acceptors (Lipinski definition) is 5. The number of rotatable bonds is 4. The van der Waals surface area contributed by atoms with Gasteiger partial charge in [-0.25, -0.2) is 0 Å². The third kappa shape index (κ3) is 3.08. The van der Waals surface area contributed by atoms with Gasteiger partial charge in [0.2, 0.25) is 17.7 Å². The van der Waals surface area contributed by atoms with Gasteiger partial charge < -0.3 is 18.6 Å². The predicted octanol–water partition coefficient (Wildman–Crippen LogP) is 2.97. The molecule has 0 spiro atoms. The number of aryl methyl sites for hydroxylation is 1. The zero-order valence-electron chi connectivity index (χ0n) is 14.6. The predicted molar refractivity (Wildman–Crippen MR) is 95.9 cm³/mol. The number of benzene rings is 1. The Morgan fingerprint density at radius 1 is 1.38 bits per heavy atom. The molecule has 2 atom stereocenters. The van der Waals surface area contributed by atoms with Crippen LogP contribution < -0.4 is 0 Å². The van der Waals surface area contributed by atoms with Crippen molar-refractivity contribution in [3.05, 3.63) is 47.3 Å². The van der Waals surface area contributed by atoms with Crippen LogP contribution in [0.3, 0.4) is 0 Å². The lowest BCUT2D eigenvalue weighted by Gasteiger charge is -2.22. The van der Waals surface area contributed by atoms with Crippen molar-refractivity contribution in [2.45, 2.75) is 32.0 Å². The van der Waals surface area contributed by atoms with Gasteiger partial charge in [0.05, 0.1) is 6.10 Å². The molecule has 3 heterocycles. The smallest absolute Gasteiger partial charge is 0.243 e. The van der Waals surface area contributed by atoms with E-state index in [4.69, 9.17) is 20.8 Å². The summed E-state index contributed by atoms with van der Waals surface area (Å²) in [5, 5.41) is 9.67. The molecule has 0 aliphatic carbocycles. The fraction of sp³-hybridized carbons (Fsp3) is 0.389. The number of carbonyl (C=O) groups excluding carboxylic acids is 1. The Morgan fingerprint density at radius 3 is 2.96 bits per heavy atom. The van der Waals surface area contributed by atoms with E-state index in [-0.39, 0.29) is 24.6 Å². The molecule has 1 aromatic carbocycles. The summed E-state index contributed by atoms with van der Waals surface area (Å²) in [5.74, 6) is 0.915. The SMILES string of the molecule is CO[C@H]1C[C@H](c2nnc(C)o2)N(C(=O)Cn2ccc3ccc(Cl)cc32)C1. The molecule has 2 aromatic heterocycles. The van der Waals surface area contributed by atoms with Gasteiger partial charge in [-0.15, -0.1) is 10.2 Å². The first-order valence-electron chi connectivity index (χ1n) is 8.42. The molecule has 1 aliphatic heterocycles. The van der Waals surface area contributed by atoms with Gasteiger partial charge in [0.15, 0.2) is 0 Å². The van der Waals surface area contributed by atoms with Crippen molar-refractivity contribution in [2.24, 2.45) is 0 Å². The maximum absolute atomic E-state index is 13.0. The van der Waals surface area contributed by atoms with Crippen molar-refractivity contribution in [2.75, 3.05) is 13.7 Å². The highest BCUT2D eigenvalue weighted by atomic mass is 35.5. The number of likely N-dealkylation sites (tertiary alicyclic amines) is 1. The average molecular weight is 375 g/mol. The molecular formula is C18H19ClN4O3. The van der Waals surface area contributed by atoms with Crippen LogP contribution in [0.4, 0.5) is 0 Å². The number of amides is 1. The molecular weight excluding hydrogens is 356 g/mol. The van der Waals surface area contributed by atoms with E-state index >= 15 is 0 Å². The highest BCUT2D eigenvalue weighted by molar-refractivity contribution is 6.31. The Labute approximate surface area is 155 Å². The average Bonchev–Trinajstić information content (AvgIpc) is 3.33. The zero-order chi connectivity index (χ0) is 18.3. The second-order valence-corrected chi connectivity index (χ2v) is 6.90. The fourth-order valence-electron chi connectivity index (χ4n) is 3.46. The Balaban J connectivity index is 1.59. The molecule has 1 saturated heterocycles. The van der Waals surface area contributed by atoms with Crippen LogP contribution in [0.15, 0.2) is 34.9 Å². The number of hydrogen-bond donors (Lipinski definition) is 0. The van der Waals surface area contributed by atoms with E-state index in [0.29, 0.717) is 29.8 Å². The lowest BCUT2D eigenvalue weighted by atomic mass is 10.2. The summed E-state index contributed by atoms with van der Waals surface area (Å²) in [6.07, 6.45) is 2.49. The van der Waals surface area contributed by atoms with Crippen molar-refractivity contribution in [3.8, 4) is 0 Å². The Bertz CT molecular complexity index is 951. The normalized spacial score (nSPS) is 20.2. The first-order valence-corrected chi connectivity index (χ1v) is 8.79. The van der Waals surface area contributed by atoms with Crippen LogP contribution in [0.1, 0.15) is 24.2 Å². The van der Waals surface area contributed by atoms with E-state index in [0.717, 1.165) is 10.9 Å². The highest BCUT2D eigenvalue weighted by Crippen LogP contribution is 2.33. The second kappa shape index (κ2) is 6.74. The van der Waals surface area contributed by atoms with Crippen LogP contribution >= 0.6 is 11.6 Å². The van der Waals surface area contributed by atoms with Crippen LogP contribution in [-0.2, 0) is 16.1 Å². The van der Waals surface area contributed by atoms with Crippen molar-refractivity contribution >= 4 is 28.4 Å². The standard InChI is InChI=1S/C18H19ClN4O3/c1-11-20-21-18(26-11)16-8-14(25-2)9-23(16)17(24)10-22-6-5-12-3-4-13(19)7-15(12)22/h3-7,14,16H,8-10H2,1-2H3/t14-,16+/m0/s1. The van der Waals surface area contributed by atoms with Gasteiger partial charge in [-0.3, -0.25) is 4.79 Å². The van der Waals surface area contributed by atoms with Gasteiger partial charge in [0, 0.05) is 43.7 Å². The number of methoxy groups -OCH3 is 1. The third-order valence-corrected chi connectivity index (χ3v) is 5.02. The van der Waals surface area contributed by atoms with Gasteiger partial charge in [0.1, 0.15) is 12.6 Å². The molecule has 8 heteroatoms. The zero-order valence-corrected chi connectivity index (χ0v) is 15.3. The lowest BCUT2D eigenvalue weighted by Crippen LogP contribution is -2.34. The summed E-state index contributed by atoms with van der Waals surface area (Å²) in [5.41, 5.74) is 0.929. The second-order valence-electron chi connectivity index (χ2n) is 6.46. The monoisotopic (exact) mass is 374 g/mol. The summed E-state index contributed by atoms with van der Waals surface area (Å²) in [4.78, 5) is 14.8. The van der Waals surface area contributed by atoms with E-state index in [1.807, 2.05) is 35.0 Å². The first-order chi connectivity index (χ1) is 12.5. The molecule has 136 valence electrons. The molecule has 4 rings (SSSR count). The van der Waals surface area contributed by atoms with Gasteiger partial charge >= 0.3 is 0 Å². The largest absolute Gasteiger partial charge is 0.423 e. The van der Waals surface area contributed by atoms with E-state index in [1.165, 1.54) is 0 Å². The number of carbonyl (C=O) groups is 1. The third-order valence-electron chi connectivity index (χ3n) is 4.78. The van der Waals surface area contributed by atoms with E-state index in [2.05, 4.69) is 10.2 Å². The summed E-state index contributed by atoms with van der Waals surface area (Å²) < 4.78 is 12.9. The van der Waals surface area contributed by atoms with Crippen LogP contribution in [0, 0.1) is 6.92 Å². The van der Waals surface area contributed by atoms with E-state index < -0.39 is 0 Å². The molecule has 1 amide bonds. The van der Waals surface area contributed by atoms with Gasteiger partial charge in [0.25, 0.3) is 0 Å². The van der Waals surface area contributed by atoms with Crippen molar-refractivity contribution in [3.63, 3.8) is 0 Å². The fourth-order valence-corrected chi connectivity index (χ4v) is 3.62. The molecule has 0 bridgehead atoms. The number of fused-ring (bicyclic) bond motifs is 1. The lowest BCUT2D eigenvalue weighted by molar-refractivity contribution is -0.133. The summed E-state index contributed by atoms with van der Waals surface area (Å²) in [6, 6.07) is 7.36. The van der Waals surface area contributed by atoms with Gasteiger partial charge in [-0.2, -0.15) is 0 Å². The quantitative estimate of drug-likeness (QED) is 0.702. The number of aromatic nitrogens is 3. The minimum absolute atomic E-state index is 0.0251. The summed E-state index contributed by atoms with van der Waals surface area (Å²) >= 11 is 6.10. The van der Waals surface area contributed by atoms with Crippen LogP contribution in [-0.4, -0.2) is 45.3 Å². The number of halogens is 1. The van der Waals surface area contributed by atoms with Crippen molar-refractivity contribution < 1.29 is 13.9 Å². The van der Waals surface area contributed by atoms with Gasteiger partial charge in [-0.1, -0.05) is 17.7 Å². The summed E-state index contributed by atoms with van der Waals surface area (Å²) in [7, 11) is 1.65. The molecule has 7 nitrogen and oxygen atoms in total. The summed E-state index contributed by atoms with van der Waals surface area (Å²) in [6.45, 7) is 2.45.